The number of nitrogens with one attached hydrogen (secondary N) is 1. The molecule has 0 aliphatic carbocycles. The molecule has 32 heavy (non-hydrogen) atoms. The minimum absolute atomic E-state index is 0.0405. The first kappa shape index (κ1) is 22.2. The van der Waals surface area contributed by atoms with Crippen LogP contribution in [0.2, 0.25) is 0 Å². The molecular formula is C24H28N4O3S. The number of fused-ring (bicyclic) bond motifs is 1. The van der Waals surface area contributed by atoms with Gasteiger partial charge in [0.25, 0.3) is 11.8 Å². The first-order valence-electron chi connectivity index (χ1n) is 10.8. The van der Waals surface area contributed by atoms with Gasteiger partial charge in [-0.25, -0.2) is 4.98 Å². The lowest BCUT2D eigenvalue weighted by Crippen LogP contribution is -2.47. The fourth-order valence-corrected chi connectivity index (χ4v) is 4.34. The lowest BCUT2D eigenvalue weighted by molar-refractivity contribution is 0.0664. The van der Waals surface area contributed by atoms with E-state index >= 15 is 0 Å². The number of benzene rings is 2. The summed E-state index contributed by atoms with van der Waals surface area (Å²) < 4.78 is 6.54. The molecule has 2 heterocycles. The van der Waals surface area contributed by atoms with E-state index in [4.69, 9.17) is 4.74 Å². The first-order chi connectivity index (χ1) is 15.4. The minimum atomic E-state index is -0.229. The van der Waals surface area contributed by atoms with E-state index in [0.29, 0.717) is 28.8 Å². The molecular weight excluding hydrogens is 424 g/mol. The Morgan fingerprint density at radius 2 is 1.75 bits per heavy atom. The van der Waals surface area contributed by atoms with Gasteiger partial charge in [-0.2, -0.15) is 0 Å². The highest BCUT2D eigenvalue weighted by atomic mass is 32.1. The lowest BCUT2D eigenvalue weighted by Gasteiger charge is -2.32. The zero-order valence-electron chi connectivity index (χ0n) is 18.6. The van der Waals surface area contributed by atoms with E-state index in [-0.39, 0.29) is 11.8 Å². The molecule has 1 aromatic heterocycles. The summed E-state index contributed by atoms with van der Waals surface area (Å²) in [4.78, 5) is 34.1. The van der Waals surface area contributed by atoms with Crippen LogP contribution in [-0.4, -0.2) is 66.4 Å². The van der Waals surface area contributed by atoms with Crippen molar-refractivity contribution in [2.75, 3.05) is 45.2 Å². The normalized spacial score (nSPS) is 14.7. The Labute approximate surface area is 192 Å². The summed E-state index contributed by atoms with van der Waals surface area (Å²) in [6, 6.07) is 12.6. The summed E-state index contributed by atoms with van der Waals surface area (Å²) >= 11 is 1.37. The smallest absolute Gasteiger partial charge is 0.257 e. The van der Waals surface area contributed by atoms with Gasteiger partial charge in [-0.1, -0.05) is 25.2 Å². The van der Waals surface area contributed by atoms with Crippen LogP contribution in [-0.2, 0) is 0 Å². The molecule has 0 unspecified atom stereocenters. The van der Waals surface area contributed by atoms with Gasteiger partial charge in [0.1, 0.15) is 5.75 Å². The van der Waals surface area contributed by atoms with Crippen LogP contribution >= 0.6 is 11.3 Å². The van der Waals surface area contributed by atoms with Gasteiger partial charge < -0.3 is 14.5 Å². The molecule has 0 saturated carbocycles. The second-order valence-electron chi connectivity index (χ2n) is 8.48. The fourth-order valence-electron chi connectivity index (χ4n) is 3.44. The molecule has 7 nitrogen and oxygen atoms in total. The molecule has 0 bridgehead atoms. The number of piperazine rings is 1. The second-order valence-corrected chi connectivity index (χ2v) is 9.51. The number of anilines is 1. The van der Waals surface area contributed by atoms with Crippen LogP contribution in [0.1, 0.15) is 34.6 Å². The van der Waals surface area contributed by atoms with Crippen LogP contribution in [0, 0.1) is 5.92 Å². The van der Waals surface area contributed by atoms with Crippen molar-refractivity contribution in [2.45, 2.75) is 13.8 Å². The number of carbonyl (C=O) groups excluding carboxylic acids is 2. The van der Waals surface area contributed by atoms with E-state index in [2.05, 4.69) is 36.1 Å². The van der Waals surface area contributed by atoms with Gasteiger partial charge in [-0.05, 0) is 55.4 Å². The van der Waals surface area contributed by atoms with E-state index in [1.54, 1.807) is 24.3 Å². The van der Waals surface area contributed by atoms with Crippen LogP contribution in [0.3, 0.4) is 0 Å². The van der Waals surface area contributed by atoms with E-state index in [0.717, 1.165) is 42.1 Å². The highest BCUT2D eigenvalue weighted by molar-refractivity contribution is 7.22. The number of amides is 2. The molecule has 3 aromatic rings. The zero-order chi connectivity index (χ0) is 22.7. The van der Waals surface area contributed by atoms with E-state index in [1.807, 2.05) is 23.1 Å². The number of hydrogen-bond acceptors (Lipinski definition) is 6. The molecule has 1 aliphatic rings. The molecule has 168 valence electrons. The van der Waals surface area contributed by atoms with Crippen molar-refractivity contribution in [3.63, 3.8) is 0 Å². The minimum Gasteiger partial charge on any atom is -0.493 e. The van der Waals surface area contributed by atoms with Crippen LogP contribution in [0.25, 0.3) is 10.2 Å². The molecule has 1 saturated heterocycles. The van der Waals surface area contributed by atoms with Crippen molar-refractivity contribution in [2.24, 2.45) is 5.92 Å². The molecule has 8 heteroatoms. The molecule has 1 aliphatic heterocycles. The van der Waals surface area contributed by atoms with Crippen LogP contribution in [0.5, 0.6) is 5.75 Å². The second kappa shape index (κ2) is 9.67. The fraction of sp³-hybridized carbons (Fsp3) is 0.375. The summed E-state index contributed by atoms with van der Waals surface area (Å²) in [5, 5.41) is 3.37. The maximum absolute atomic E-state index is 12.8. The van der Waals surface area contributed by atoms with Crippen molar-refractivity contribution < 1.29 is 14.3 Å². The Morgan fingerprint density at radius 3 is 2.44 bits per heavy atom. The highest BCUT2D eigenvalue weighted by Gasteiger charge is 2.21. The maximum atomic E-state index is 12.8. The number of ether oxygens (including phenoxy) is 1. The molecule has 4 rings (SSSR count). The predicted octanol–water partition coefficient (Wildman–Crippen LogP) is 3.97. The predicted molar refractivity (Wildman–Crippen MR) is 128 cm³/mol. The quantitative estimate of drug-likeness (QED) is 0.613. The van der Waals surface area contributed by atoms with Crippen LogP contribution in [0.4, 0.5) is 5.13 Å². The lowest BCUT2D eigenvalue weighted by atomic mass is 10.1. The Kier molecular flexibility index (Phi) is 6.72. The topological polar surface area (TPSA) is 74.8 Å². The number of aromatic nitrogens is 1. The van der Waals surface area contributed by atoms with Gasteiger partial charge in [0.05, 0.1) is 16.8 Å². The van der Waals surface area contributed by atoms with E-state index < -0.39 is 0 Å². The largest absolute Gasteiger partial charge is 0.493 e. The molecule has 2 aromatic carbocycles. The van der Waals surface area contributed by atoms with E-state index in [1.165, 1.54) is 11.3 Å². The van der Waals surface area contributed by atoms with Gasteiger partial charge in [-0.3, -0.25) is 14.9 Å². The van der Waals surface area contributed by atoms with Gasteiger partial charge in [-0.15, -0.1) is 0 Å². The molecule has 0 spiro atoms. The monoisotopic (exact) mass is 452 g/mol. The number of likely N-dealkylation sites (N-methyl/N-ethyl adjacent to an activating group) is 1. The van der Waals surface area contributed by atoms with Gasteiger partial charge in [0, 0.05) is 37.3 Å². The Bertz CT molecular complexity index is 1100. The van der Waals surface area contributed by atoms with E-state index in [9.17, 15) is 9.59 Å². The number of hydrogen-bond donors (Lipinski definition) is 1. The highest BCUT2D eigenvalue weighted by Crippen LogP contribution is 2.28. The van der Waals surface area contributed by atoms with Gasteiger partial charge in [0.2, 0.25) is 0 Å². The summed E-state index contributed by atoms with van der Waals surface area (Å²) in [6.45, 7) is 8.05. The third kappa shape index (κ3) is 5.26. The summed E-state index contributed by atoms with van der Waals surface area (Å²) in [7, 11) is 2.07. The number of thiazole rings is 1. The average Bonchev–Trinajstić information content (AvgIpc) is 3.19. The van der Waals surface area contributed by atoms with Crippen LogP contribution in [0.15, 0.2) is 42.5 Å². The standard InChI is InChI=1S/C24H28N4O3S/c1-16(2)15-31-19-7-4-17(5-8-19)22(29)26-24-25-20-9-6-18(14-21(20)32-24)23(30)28-12-10-27(3)11-13-28/h4-9,14,16H,10-13,15H2,1-3H3,(H,25,26,29). The van der Waals surface area contributed by atoms with Crippen molar-refractivity contribution in [1.29, 1.82) is 0 Å². The molecule has 0 radical (unpaired) electrons. The summed E-state index contributed by atoms with van der Waals surface area (Å²) in [5.74, 6) is 0.995. The first-order valence-corrected chi connectivity index (χ1v) is 11.6. The SMILES string of the molecule is CC(C)COc1ccc(C(=O)Nc2nc3ccc(C(=O)N4CCN(C)CC4)cc3s2)cc1. The van der Waals surface area contributed by atoms with Crippen molar-refractivity contribution in [3.8, 4) is 5.75 Å². The Balaban J connectivity index is 1.42. The third-order valence-corrected chi connectivity index (χ3v) is 6.28. The maximum Gasteiger partial charge on any atom is 0.257 e. The average molecular weight is 453 g/mol. The van der Waals surface area contributed by atoms with Gasteiger partial charge in [0.15, 0.2) is 5.13 Å². The molecule has 1 fully saturated rings. The van der Waals surface area contributed by atoms with Crippen molar-refractivity contribution >= 4 is 38.5 Å². The number of nitrogens with zero attached hydrogens (tertiary/aromatic N) is 3. The third-order valence-electron chi connectivity index (χ3n) is 5.35. The zero-order valence-corrected chi connectivity index (χ0v) is 19.4. The van der Waals surface area contributed by atoms with Crippen LogP contribution < -0.4 is 10.1 Å². The van der Waals surface area contributed by atoms with Crippen molar-refractivity contribution in [1.82, 2.24) is 14.8 Å². The Morgan fingerprint density at radius 1 is 1.06 bits per heavy atom. The molecule has 0 atom stereocenters. The molecule has 1 N–H and O–H groups in total. The van der Waals surface area contributed by atoms with Crippen molar-refractivity contribution in [3.05, 3.63) is 53.6 Å². The Hall–Kier alpha value is -2.97. The summed E-state index contributed by atoms with van der Waals surface area (Å²) in [5.41, 5.74) is 1.95. The molecule has 2 amide bonds. The van der Waals surface area contributed by atoms with Gasteiger partial charge >= 0.3 is 0 Å². The summed E-state index contributed by atoms with van der Waals surface area (Å²) in [6.07, 6.45) is 0. The number of carbonyl (C=O) groups is 2. The number of rotatable bonds is 6.